The molecule has 2 aliphatic rings. The molecule has 2 saturated heterocycles. The van der Waals surface area contributed by atoms with Crippen molar-refractivity contribution in [2.45, 2.75) is 50.0 Å². The Kier molecular flexibility index (Phi) is 4.42. The van der Waals surface area contributed by atoms with Crippen LogP contribution in [0.5, 0.6) is 0 Å². The van der Waals surface area contributed by atoms with E-state index >= 15 is 0 Å². The van der Waals surface area contributed by atoms with Crippen LogP contribution >= 0.6 is 0 Å². The Morgan fingerprint density at radius 3 is 2.38 bits per heavy atom. The molecular weight excluding hydrogens is 319 g/mol. The van der Waals surface area contributed by atoms with Crippen molar-refractivity contribution in [3.05, 3.63) is 42.0 Å². The molecule has 2 unspecified atom stereocenters. The van der Waals surface area contributed by atoms with Gasteiger partial charge in [0.05, 0.1) is 11.1 Å². The van der Waals surface area contributed by atoms with Crippen molar-refractivity contribution >= 4 is 11.5 Å². The lowest BCUT2D eigenvalue weighted by molar-refractivity contribution is -0.145. The summed E-state index contributed by atoms with van der Waals surface area (Å²) >= 11 is 0. The van der Waals surface area contributed by atoms with Gasteiger partial charge in [0.15, 0.2) is 0 Å². The number of carbonyl (C=O) groups excluding carboxylic acids is 1. The third-order valence-electron chi connectivity index (χ3n) is 5.13. The topological polar surface area (TPSA) is 29.5 Å². The summed E-state index contributed by atoms with van der Waals surface area (Å²) in [6.45, 7) is 3.55. The van der Waals surface area contributed by atoms with E-state index < -0.39 is 17.7 Å². The summed E-state index contributed by atoms with van der Waals surface area (Å²) in [6.07, 6.45) is -1.17. The number of fused-ring (bicyclic) bond motifs is 2. The van der Waals surface area contributed by atoms with E-state index in [-0.39, 0.29) is 17.2 Å². The number of halogens is 3. The normalized spacial score (nSPS) is 27.1. The summed E-state index contributed by atoms with van der Waals surface area (Å²) in [5.74, 6) is -0.763. The summed E-state index contributed by atoms with van der Waals surface area (Å²) in [7, 11) is 2.07. The van der Waals surface area contributed by atoms with Crippen LogP contribution < -0.4 is 0 Å². The van der Waals surface area contributed by atoms with Crippen LogP contribution in [0.25, 0.3) is 5.57 Å². The molecular formula is C18H20F3NO2. The van der Waals surface area contributed by atoms with Crippen LogP contribution in [0.2, 0.25) is 0 Å². The highest BCUT2D eigenvalue weighted by Gasteiger charge is 2.40. The summed E-state index contributed by atoms with van der Waals surface area (Å²) in [5, 5.41) is 0. The molecule has 0 saturated carbocycles. The van der Waals surface area contributed by atoms with Gasteiger partial charge >= 0.3 is 12.1 Å². The molecule has 24 heavy (non-hydrogen) atoms. The van der Waals surface area contributed by atoms with E-state index in [0.717, 1.165) is 31.7 Å². The minimum Gasteiger partial charge on any atom is -0.459 e. The molecule has 0 aromatic heterocycles. The van der Waals surface area contributed by atoms with Crippen molar-refractivity contribution in [3.8, 4) is 0 Å². The summed E-state index contributed by atoms with van der Waals surface area (Å²) in [5.41, 5.74) is -1.32. The number of hydrogen-bond donors (Lipinski definition) is 0. The van der Waals surface area contributed by atoms with Gasteiger partial charge in [-0.05, 0) is 26.0 Å². The average Bonchev–Trinajstić information content (AvgIpc) is 2.74. The molecule has 3 nitrogen and oxygen atoms in total. The minimum atomic E-state index is -4.54. The Morgan fingerprint density at radius 2 is 1.79 bits per heavy atom. The Hall–Kier alpha value is -1.82. The fourth-order valence-corrected chi connectivity index (χ4v) is 3.78. The van der Waals surface area contributed by atoms with Gasteiger partial charge in [0.25, 0.3) is 0 Å². The number of rotatable bonds is 3. The lowest BCUT2D eigenvalue weighted by Crippen LogP contribution is -2.43. The first-order chi connectivity index (χ1) is 11.3. The zero-order valence-corrected chi connectivity index (χ0v) is 13.5. The van der Waals surface area contributed by atoms with Crippen molar-refractivity contribution in [2.24, 2.45) is 0 Å². The molecule has 2 aliphatic heterocycles. The zero-order valence-electron chi connectivity index (χ0n) is 13.5. The fraction of sp³-hybridized carbons (Fsp3) is 0.500. The maximum atomic E-state index is 13.1. The number of piperidine rings is 1. The maximum Gasteiger partial charge on any atom is 0.417 e. The Labute approximate surface area is 139 Å². The maximum absolute atomic E-state index is 13.1. The van der Waals surface area contributed by atoms with E-state index in [4.69, 9.17) is 4.74 Å². The fourth-order valence-electron chi connectivity index (χ4n) is 3.78. The molecule has 1 aromatic rings. The van der Waals surface area contributed by atoms with E-state index in [1.165, 1.54) is 18.2 Å². The Bertz CT molecular complexity index is 642. The predicted octanol–water partition coefficient (Wildman–Crippen LogP) is 3.89. The second kappa shape index (κ2) is 6.24. The average molecular weight is 339 g/mol. The number of hydrogen-bond acceptors (Lipinski definition) is 3. The van der Waals surface area contributed by atoms with Gasteiger partial charge in [-0.3, -0.25) is 0 Å². The largest absolute Gasteiger partial charge is 0.459 e. The standard InChI is InChI=1S/C18H20F3NO2/c1-11(15-5-3-4-6-16(15)18(19,20)21)17(23)24-14-9-12-7-8-13(10-14)22(12)2/h3-6,12-14H,1,7-10H2,2H3. The summed E-state index contributed by atoms with van der Waals surface area (Å²) in [6, 6.07) is 5.72. The van der Waals surface area contributed by atoms with Gasteiger partial charge in [-0.15, -0.1) is 0 Å². The summed E-state index contributed by atoms with van der Waals surface area (Å²) < 4.78 is 44.7. The molecule has 130 valence electrons. The van der Waals surface area contributed by atoms with E-state index in [0.29, 0.717) is 12.1 Å². The number of carbonyl (C=O) groups is 1. The van der Waals surface area contributed by atoms with E-state index in [1.807, 2.05) is 0 Å². The van der Waals surface area contributed by atoms with Gasteiger partial charge in [0.1, 0.15) is 6.10 Å². The quantitative estimate of drug-likeness (QED) is 0.618. The molecule has 0 amide bonds. The van der Waals surface area contributed by atoms with Gasteiger partial charge in [-0.1, -0.05) is 24.8 Å². The molecule has 2 fully saturated rings. The first-order valence-electron chi connectivity index (χ1n) is 8.05. The molecule has 2 atom stereocenters. The third-order valence-corrected chi connectivity index (χ3v) is 5.13. The van der Waals surface area contributed by atoms with Crippen molar-refractivity contribution < 1.29 is 22.7 Å². The molecule has 0 N–H and O–H groups in total. The second-order valence-electron chi connectivity index (χ2n) is 6.57. The van der Waals surface area contributed by atoms with E-state index in [1.54, 1.807) is 0 Å². The number of nitrogens with zero attached hydrogens (tertiary/aromatic N) is 1. The van der Waals surface area contributed by atoms with Crippen LogP contribution in [0.3, 0.4) is 0 Å². The van der Waals surface area contributed by atoms with Gasteiger partial charge in [-0.25, -0.2) is 4.79 Å². The monoisotopic (exact) mass is 339 g/mol. The molecule has 0 radical (unpaired) electrons. The molecule has 1 aromatic carbocycles. The molecule has 3 rings (SSSR count). The molecule has 0 spiro atoms. The highest BCUT2D eigenvalue weighted by atomic mass is 19.4. The lowest BCUT2D eigenvalue weighted by atomic mass is 9.99. The van der Waals surface area contributed by atoms with Crippen LogP contribution in [-0.4, -0.2) is 36.1 Å². The van der Waals surface area contributed by atoms with Crippen molar-refractivity contribution in [3.63, 3.8) is 0 Å². The van der Waals surface area contributed by atoms with Gasteiger partial charge in [-0.2, -0.15) is 13.2 Å². The van der Waals surface area contributed by atoms with E-state index in [9.17, 15) is 18.0 Å². The van der Waals surface area contributed by atoms with Crippen molar-refractivity contribution in [2.75, 3.05) is 7.05 Å². The van der Waals surface area contributed by atoms with E-state index in [2.05, 4.69) is 18.5 Å². The van der Waals surface area contributed by atoms with Crippen molar-refractivity contribution in [1.82, 2.24) is 4.90 Å². The second-order valence-corrected chi connectivity index (χ2v) is 6.57. The molecule has 6 heteroatoms. The van der Waals surface area contributed by atoms with Gasteiger partial charge in [0.2, 0.25) is 0 Å². The van der Waals surface area contributed by atoms with Crippen molar-refractivity contribution in [1.29, 1.82) is 0 Å². The third kappa shape index (κ3) is 3.20. The zero-order chi connectivity index (χ0) is 17.5. The summed E-state index contributed by atoms with van der Waals surface area (Å²) in [4.78, 5) is 14.6. The highest BCUT2D eigenvalue weighted by molar-refractivity contribution is 6.16. The number of esters is 1. The predicted molar refractivity (Wildman–Crippen MR) is 84.2 cm³/mol. The SMILES string of the molecule is C=C(C(=O)OC1CC2CCC(C1)N2C)c1ccccc1C(F)(F)F. The number of ether oxygens (including phenoxy) is 1. The van der Waals surface area contributed by atoms with Gasteiger partial charge in [0, 0.05) is 30.5 Å². The minimum absolute atomic E-state index is 0.217. The Morgan fingerprint density at radius 1 is 1.21 bits per heavy atom. The highest BCUT2D eigenvalue weighted by Crippen LogP contribution is 2.37. The van der Waals surface area contributed by atoms with Crippen LogP contribution in [0.15, 0.2) is 30.8 Å². The molecule has 0 aliphatic carbocycles. The van der Waals surface area contributed by atoms with Crippen LogP contribution in [0, 0.1) is 0 Å². The Balaban J connectivity index is 1.71. The van der Waals surface area contributed by atoms with Crippen LogP contribution in [-0.2, 0) is 15.7 Å². The van der Waals surface area contributed by atoms with Gasteiger partial charge < -0.3 is 9.64 Å². The smallest absolute Gasteiger partial charge is 0.417 e. The number of benzene rings is 1. The number of alkyl halides is 3. The van der Waals surface area contributed by atoms with Crippen LogP contribution in [0.4, 0.5) is 13.2 Å². The lowest BCUT2D eigenvalue weighted by Gasteiger charge is -2.35. The first kappa shape index (κ1) is 17.0. The molecule has 2 bridgehead atoms. The first-order valence-corrected chi connectivity index (χ1v) is 8.05. The van der Waals surface area contributed by atoms with Crippen LogP contribution in [0.1, 0.15) is 36.8 Å². The molecule has 2 heterocycles.